The quantitative estimate of drug-likeness (QED) is 0.373. The first-order chi connectivity index (χ1) is 6.59. The van der Waals surface area contributed by atoms with Crippen LogP contribution in [0.15, 0.2) is 24.3 Å². The van der Waals surface area contributed by atoms with Gasteiger partial charge in [-0.25, -0.2) is 0 Å². The standard InChI is InChI=1S/C10H10N2O2/c11-6-1-2-7-5(3-6)4-8(13)10(14)9(7)12/h1-4,13-14H,11-12H2. The van der Waals surface area contributed by atoms with E-state index in [1.165, 1.54) is 6.07 Å². The van der Waals surface area contributed by atoms with E-state index in [1.807, 2.05) is 0 Å². The van der Waals surface area contributed by atoms with E-state index in [-0.39, 0.29) is 17.2 Å². The molecule has 0 aliphatic rings. The Labute approximate surface area is 80.4 Å². The number of aromatic hydroxyl groups is 2. The molecule has 0 aliphatic carbocycles. The normalized spacial score (nSPS) is 10.6. The number of benzene rings is 2. The predicted octanol–water partition coefficient (Wildman–Crippen LogP) is 1.42. The second-order valence-electron chi connectivity index (χ2n) is 3.14. The number of nitrogen functional groups attached to an aromatic ring is 2. The fourth-order valence-electron chi connectivity index (χ4n) is 1.43. The summed E-state index contributed by atoms with van der Waals surface area (Å²) in [5.41, 5.74) is 11.9. The molecule has 0 saturated heterocycles. The Hall–Kier alpha value is -2.10. The summed E-state index contributed by atoms with van der Waals surface area (Å²) in [5.74, 6) is -0.525. The molecule has 0 saturated carbocycles. The molecular formula is C10H10N2O2. The molecule has 0 aliphatic heterocycles. The molecule has 4 nitrogen and oxygen atoms in total. The van der Waals surface area contributed by atoms with Crippen LogP contribution in [0.5, 0.6) is 11.5 Å². The van der Waals surface area contributed by atoms with Crippen LogP contribution in [0.1, 0.15) is 0 Å². The van der Waals surface area contributed by atoms with Gasteiger partial charge in [-0.05, 0) is 23.6 Å². The number of hydrogen-bond donors (Lipinski definition) is 4. The fourth-order valence-corrected chi connectivity index (χ4v) is 1.43. The van der Waals surface area contributed by atoms with E-state index in [2.05, 4.69) is 0 Å². The maximum Gasteiger partial charge on any atom is 0.181 e. The lowest BCUT2D eigenvalue weighted by molar-refractivity contribution is 0.406. The molecule has 0 unspecified atom stereocenters. The Morgan fingerprint density at radius 2 is 1.71 bits per heavy atom. The van der Waals surface area contributed by atoms with Crippen LogP contribution < -0.4 is 11.5 Å². The zero-order valence-electron chi connectivity index (χ0n) is 7.36. The summed E-state index contributed by atoms with van der Waals surface area (Å²) < 4.78 is 0. The Morgan fingerprint density at radius 3 is 2.43 bits per heavy atom. The molecule has 0 fully saturated rings. The van der Waals surface area contributed by atoms with Crippen molar-refractivity contribution in [3.63, 3.8) is 0 Å². The maximum atomic E-state index is 9.37. The first kappa shape index (κ1) is 8.50. The molecule has 6 N–H and O–H groups in total. The summed E-state index contributed by atoms with van der Waals surface area (Å²) in [6.45, 7) is 0. The average Bonchev–Trinajstić information content (AvgIpc) is 2.14. The van der Waals surface area contributed by atoms with E-state index in [0.29, 0.717) is 16.5 Å². The van der Waals surface area contributed by atoms with Crippen LogP contribution in [-0.2, 0) is 0 Å². The van der Waals surface area contributed by atoms with Gasteiger partial charge in [0.1, 0.15) is 0 Å². The lowest BCUT2D eigenvalue weighted by Gasteiger charge is -2.06. The summed E-state index contributed by atoms with van der Waals surface area (Å²) >= 11 is 0. The number of phenols is 2. The number of hydrogen-bond acceptors (Lipinski definition) is 4. The molecule has 0 aromatic heterocycles. The van der Waals surface area contributed by atoms with Crippen LogP contribution in [0.4, 0.5) is 11.4 Å². The monoisotopic (exact) mass is 190 g/mol. The summed E-state index contributed by atoms with van der Waals surface area (Å²) in [5, 5.41) is 20.1. The van der Waals surface area contributed by atoms with Crippen LogP contribution >= 0.6 is 0 Å². The minimum atomic E-state index is -0.290. The van der Waals surface area contributed by atoms with E-state index in [0.717, 1.165) is 0 Å². The maximum absolute atomic E-state index is 9.37. The number of phenolic OH excluding ortho intramolecular Hbond substituents is 2. The molecule has 0 radical (unpaired) electrons. The van der Waals surface area contributed by atoms with Crippen LogP contribution in [0.2, 0.25) is 0 Å². The van der Waals surface area contributed by atoms with Gasteiger partial charge in [0.25, 0.3) is 0 Å². The molecule has 0 bridgehead atoms. The van der Waals surface area contributed by atoms with Crippen molar-refractivity contribution in [2.75, 3.05) is 11.5 Å². The SMILES string of the molecule is Nc1ccc2c(N)c(O)c(O)cc2c1. The lowest BCUT2D eigenvalue weighted by atomic mass is 10.1. The highest BCUT2D eigenvalue weighted by atomic mass is 16.3. The third-order valence-electron chi connectivity index (χ3n) is 2.16. The summed E-state index contributed by atoms with van der Waals surface area (Å²) in [6, 6.07) is 6.51. The summed E-state index contributed by atoms with van der Waals surface area (Å²) in [4.78, 5) is 0. The highest BCUT2D eigenvalue weighted by Crippen LogP contribution is 2.38. The molecule has 72 valence electrons. The molecule has 4 heteroatoms. The van der Waals surface area contributed by atoms with Crippen molar-refractivity contribution < 1.29 is 10.2 Å². The van der Waals surface area contributed by atoms with Crippen molar-refractivity contribution in [1.29, 1.82) is 0 Å². The van der Waals surface area contributed by atoms with Crippen molar-refractivity contribution in [3.05, 3.63) is 24.3 Å². The number of anilines is 2. The number of rotatable bonds is 0. The minimum absolute atomic E-state index is 0.167. The van der Waals surface area contributed by atoms with Gasteiger partial charge >= 0.3 is 0 Å². The van der Waals surface area contributed by atoms with Crippen LogP contribution in [0, 0.1) is 0 Å². The van der Waals surface area contributed by atoms with Crippen molar-refractivity contribution >= 4 is 22.1 Å². The molecule has 2 aromatic rings. The zero-order chi connectivity index (χ0) is 10.3. The topological polar surface area (TPSA) is 92.5 Å². The highest BCUT2D eigenvalue weighted by Gasteiger charge is 2.08. The van der Waals surface area contributed by atoms with Crippen molar-refractivity contribution in [1.82, 2.24) is 0 Å². The third kappa shape index (κ3) is 1.08. The smallest absolute Gasteiger partial charge is 0.181 e. The first-order valence-electron chi connectivity index (χ1n) is 4.09. The van der Waals surface area contributed by atoms with E-state index in [9.17, 15) is 10.2 Å². The molecule has 14 heavy (non-hydrogen) atoms. The Morgan fingerprint density at radius 1 is 1.00 bits per heavy atom. The Bertz CT molecular complexity index is 509. The van der Waals surface area contributed by atoms with Crippen LogP contribution in [0.3, 0.4) is 0 Å². The largest absolute Gasteiger partial charge is 0.504 e. The van der Waals surface area contributed by atoms with Crippen molar-refractivity contribution in [2.45, 2.75) is 0 Å². The van der Waals surface area contributed by atoms with Gasteiger partial charge in [-0.2, -0.15) is 0 Å². The van der Waals surface area contributed by atoms with Gasteiger partial charge in [0, 0.05) is 11.1 Å². The molecule has 0 heterocycles. The van der Waals surface area contributed by atoms with Crippen molar-refractivity contribution in [2.24, 2.45) is 0 Å². The van der Waals surface area contributed by atoms with Gasteiger partial charge < -0.3 is 21.7 Å². The van der Waals surface area contributed by atoms with Gasteiger partial charge in [-0.15, -0.1) is 0 Å². The molecule has 0 atom stereocenters. The van der Waals surface area contributed by atoms with Crippen LogP contribution in [-0.4, -0.2) is 10.2 Å². The fraction of sp³-hybridized carbons (Fsp3) is 0. The Kier molecular flexibility index (Phi) is 1.64. The van der Waals surface area contributed by atoms with Gasteiger partial charge in [0.15, 0.2) is 11.5 Å². The van der Waals surface area contributed by atoms with Gasteiger partial charge in [-0.3, -0.25) is 0 Å². The molecule has 0 amide bonds. The molecule has 2 aromatic carbocycles. The third-order valence-corrected chi connectivity index (χ3v) is 2.16. The van der Waals surface area contributed by atoms with Gasteiger partial charge in [-0.1, -0.05) is 6.07 Å². The molecule has 2 rings (SSSR count). The second-order valence-corrected chi connectivity index (χ2v) is 3.14. The predicted molar refractivity (Wildman–Crippen MR) is 56.1 cm³/mol. The molecular weight excluding hydrogens is 180 g/mol. The zero-order valence-corrected chi connectivity index (χ0v) is 7.36. The first-order valence-corrected chi connectivity index (χ1v) is 4.09. The number of fused-ring (bicyclic) bond motifs is 1. The van der Waals surface area contributed by atoms with E-state index < -0.39 is 0 Å². The van der Waals surface area contributed by atoms with Gasteiger partial charge in [0.05, 0.1) is 5.69 Å². The van der Waals surface area contributed by atoms with E-state index in [4.69, 9.17) is 11.5 Å². The Balaban J connectivity index is 2.91. The number of nitrogens with two attached hydrogens (primary N) is 2. The second kappa shape index (κ2) is 2.70. The minimum Gasteiger partial charge on any atom is -0.504 e. The molecule has 0 spiro atoms. The van der Waals surface area contributed by atoms with Crippen molar-refractivity contribution in [3.8, 4) is 11.5 Å². The summed E-state index contributed by atoms with van der Waals surface area (Å²) in [7, 11) is 0. The van der Waals surface area contributed by atoms with Crippen LogP contribution in [0.25, 0.3) is 10.8 Å². The van der Waals surface area contributed by atoms with E-state index >= 15 is 0 Å². The van der Waals surface area contributed by atoms with E-state index in [1.54, 1.807) is 18.2 Å². The highest BCUT2D eigenvalue weighted by molar-refractivity contribution is 5.98. The lowest BCUT2D eigenvalue weighted by Crippen LogP contribution is -1.90. The average molecular weight is 190 g/mol. The van der Waals surface area contributed by atoms with Gasteiger partial charge in [0.2, 0.25) is 0 Å². The summed E-state index contributed by atoms with van der Waals surface area (Å²) in [6.07, 6.45) is 0.